The second-order valence-electron chi connectivity index (χ2n) is 6.03. The first kappa shape index (κ1) is 15.3. The van der Waals surface area contributed by atoms with E-state index in [0.717, 1.165) is 25.9 Å². The molecule has 20 heavy (non-hydrogen) atoms. The Morgan fingerprint density at radius 1 is 1.55 bits per heavy atom. The Hall–Kier alpha value is -1.14. The van der Waals surface area contributed by atoms with Crippen LogP contribution in [0.1, 0.15) is 32.6 Å². The minimum atomic E-state index is -1.22. The molecule has 0 aromatic carbocycles. The highest BCUT2D eigenvalue weighted by Crippen LogP contribution is 2.24. The van der Waals surface area contributed by atoms with Crippen molar-refractivity contribution >= 4 is 11.9 Å². The van der Waals surface area contributed by atoms with Gasteiger partial charge in [-0.2, -0.15) is 0 Å². The topological polar surface area (TPSA) is 87.7 Å². The van der Waals surface area contributed by atoms with E-state index in [1.54, 1.807) is 0 Å². The largest absolute Gasteiger partial charge is 0.479 e. The van der Waals surface area contributed by atoms with E-state index in [9.17, 15) is 14.7 Å². The van der Waals surface area contributed by atoms with Gasteiger partial charge in [0.2, 0.25) is 5.91 Å². The van der Waals surface area contributed by atoms with Gasteiger partial charge in [-0.15, -0.1) is 0 Å². The summed E-state index contributed by atoms with van der Waals surface area (Å²) >= 11 is 0. The van der Waals surface area contributed by atoms with Gasteiger partial charge in [0.05, 0.1) is 6.61 Å². The van der Waals surface area contributed by atoms with Crippen molar-refractivity contribution in [2.45, 2.75) is 38.1 Å². The molecule has 2 heterocycles. The molecule has 2 aliphatic rings. The molecule has 2 aliphatic heterocycles. The van der Waals surface area contributed by atoms with E-state index in [4.69, 9.17) is 4.74 Å². The average Bonchev–Trinajstić information content (AvgIpc) is 2.89. The van der Waals surface area contributed by atoms with Crippen LogP contribution in [-0.4, -0.2) is 48.8 Å². The lowest BCUT2D eigenvalue weighted by Gasteiger charge is -2.29. The smallest absolute Gasteiger partial charge is 0.331 e. The van der Waals surface area contributed by atoms with Crippen LogP contribution in [0.2, 0.25) is 0 Å². The van der Waals surface area contributed by atoms with E-state index in [2.05, 4.69) is 17.6 Å². The number of carbonyl (C=O) groups excluding carboxylic acids is 1. The van der Waals surface area contributed by atoms with E-state index >= 15 is 0 Å². The molecule has 1 amide bonds. The van der Waals surface area contributed by atoms with E-state index < -0.39 is 11.5 Å². The zero-order valence-electron chi connectivity index (χ0n) is 12.0. The minimum Gasteiger partial charge on any atom is -0.479 e. The molecule has 114 valence electrons. The first-order valence-electron chi connectivity index (χ1n) is 7.36. The quantitative estimate of drug-likeness (QED) is 0.679. The fourth-order valence-corrected chi connectivity index (χ4v) is 3.03. The molecule has 6 nitrogen and oxygen atoms in total. The third-order valence-corrected chi connectivity index (χ3v) is 4.46. The van der Waals surface area contributed by atoms with Crippen LogP contribution in [0.25, 0.3) is 0 Å². The summed E-state index contributed by atoms with van der Waals surface area (Å²) in [5, 5.41) is 15.3. The molecule has 6 heteroatoms. The molecular formula is C14H24N2O4. The highest BCUT2D eigenvalue weighted by molar-refractivity contribution is 5.87. The average molecular weight is 284 g/mol. The van der Waals surface area contributed by atoms with Crippen LogP contribution in [0, 0.1) is 11.8 Å². The van der Waals surface area contributed by atoms with Crippen molar-refractivity contribution in [1.82, 2.24) is 10.6 Å². The summed E-state index contributed by atoms with van der Waals surface area (Å²) in [5.74, 6) is -0.433. The lowest BCUT2D eigenvalue weighted by atomic mass is 9.85. The number of amides is 1. The SMILES string of the molecule is CC(CC(=O)NC1(C(=O)O)CCOC1)C1CCCNC1. The van der Waals surface area contributed by atoms with Crippen LogP contribution in [0.4, 0.5) is 0 Å². The first-order valence-corrected chi connectivity index (χ1v) is 7.36. The second kappa shape index (κ2) is 6.54. The maximum absolute atomic E-state index is 12.1. The zero-order valence-corrected chi connectivity index (χ0v) is 12.0. The monoisotopic (exact) mass is 284 g/mol. The Morgan fingerprint density at radius 3 is 2.90 bits per heavy atom. The highest BCUT2D eigenvalue weighted by Gasteiger charge is 2.44. The van der Waals surface area contributed by atoms with Crippen LogP contribution in [-0.2, 0) is 14.3 Å². The molecular weight excluding hydrogens is 260 g/mol. The number of piperidine rings is 1. The van der Waals surface area contributed by atoms with Crippen molar-refractivity contribution in [3.8, 4) is 0 Å². The van der Waals surface area contributed by atoms with Crippen molar-refractivity contribution in [3.05, 3.63) is 0 Å². The van der Waals surface area contributed by atoms with E-state index in [1.165, 1.54) is 0 Å². The van der Waals surface area contributed by atoms with Crippen LogP contribution in [0.3, 0.4) is 0 Å². The Bertz CT molecular complexity index is 360. The summed E-state index contributed by atoms with van der Waals surface area (Å²) < 4.78 is 5.14. The predicted octanol–water partition coefficient (Wildman–Crippen LogP) is 0.372. The molecule has 2 saturated heterocycles. The molecule has 3 unspecified atom stereocenters. The predicted molar refractivity (Wildman–Crippen MR) is 73.3 cm³/mol. The maximum atomic E-state index is 12.1. The molecule has 0 aromatic heterocycles. The zero-order chi connectivity index (χ0) is 14.6. The number of nitrogens with one attached hydrogen (secondary N) is 2. The summed E-state index contributed by atoms with van der Waals surface area (Å²) in [6.07, 6.45) is 2.99. The summed E-state index contributed by atoms with van der Waals surface area (Å²) in [5.41, 5.74) is -1.22. The second-order valence-corrected chi connectivity index (χ2v) is 6.03. The van der Waals surface area contributed by atoms with Gasteiger partial charge in [0.1, 0.15) is 0 Å². The molecule has 0 aromatic rings. The van der Waals surface area contributed by atoms with Gasteiger partial charge in [-0.25, -0.2) is 4.79 Å². The maximum Gasteiger partial charge on any atom is 0.331 e. The Morgan fingerprint density at radius 2 is 2.35 bits per heavy atom. The standard InChI is InChI=1S/C14H24N2O4/c1-10(11-3-2-5-15-8-11)7-12(17)16-14(13(18)19)4-6-20-9-14/h10-11,15H,2-9H2,1H3,(H,16,17)(H,18,19). The van der Waals surface area contributed by atoms with Crippen molar-refractivity contribution in [3.63, 3.8) is 0 Å². The van der Waals surface area contributed by atoms with Crippen molar-refractivity contribution in [2.24, 2.45) is 11.8 Å². The van der Waals surface area contributed by atoms with Gasteiger partial charge in [0, 0.05) is 19.4 Å². The summed E-state index contributed by atoms with van der Waals surface area (Å²) in [6.45, 7) is 4.51. The summed E-state index contributed by atoms with van der Waals surface area (Å²) in [7, 11) is 0. The normalized spacial score (nSPS) is 31.8. The molecule has 0 bridgehead atoms. The van der Waals surface area contributed by atoms with E-state index in [1.807, 2.05) is 0 Å². The number of carboxylic acids is 1. The Balaban J connectivity index is 1.86. The lowest BCUT2D eigenvalue weighted by molar-refractivity contribution is -0.147. The Kier molecular flexibility index (Phi) is 4.99. The third-order valence-electron chi connectivity index (χ3n) is 4.46. The molecule has 0 saturated carbocycles. The number of aliphatic carboxylic acids is 1. The fraction of sp³-hybridized carbons (Fsp3) is 0.857. The van der Waals surface area contributed by atoms with Gasteiger partial charge >= 0.3 is 5.97 Å². The van der Waals surface area contributed by atoms with E-state index in [-0.39, 0.29) is 18.4 Å². The van der Waals surface area contributed by atoms with Crippen molar-refractivity contribution < 1.29 is 19.4 Å². The first-order chi connectivity index (χ1) is 9.53. The third kappa shape index (κ3) is 3.49. The number of rotatable bonds is 5. The minimum absolute atomic E-state index is 0.0629. The van der Waals surface area contributed by atoms with Gasteiger partial charge in [0.15, 0.2) is 5.54 Å². The van der Waals surface area contributed by atoms with Gasteiger partial charge < -0.3 is 20.5 Å². The van der Waals surface area contributed by atoms with Crippen LogP contribution < -0.4 is 10.6 Å². The summed E-state index contributed by atoms with van der Waals surface area (Å²) in [4.78, 5) is 23.5. The molecule has 0 spiro atoms. The van der Waals surface area contributed by atoms with E-state index in [0.29, 0.717) is 25.4 Å². The summed E-state index contributed by atoms with van der Waals surface area (Å²) in [6, 6.07) is 0. The van der Waals surface area contributed by atoms with Gasteiger partial charge in [-0.1, -0.05) is 6.92 Å². The number of carboxylic acid groups (broad SMARTS) is 1. The van der Waals surface area contributed by atoms with Gasteiger partial charge in [-0.3, -0.25) is 4.79 Å². The fourth-order valence-electron chi connectivity index (χ4n) is 3.03. The van der Waals surface area contributed by atoms with Crippen molar-refractivity contribution in [2.75, 3.05) is 26.3 Å². The van der Waals surface area contributed by atoms with Crippen molar-refractivity contribution in [1.29, 1.82) is 0 Å². The lowest BCUT2D eigenvalue weighted by Crippen LogP contribution is -2.55. The molecule has 3 N–H and O–H groups in total. The number of carbonyl (C=O) groups is 2. The number of hydrogen-bond acceptors (Lipinski definition) is 4. The number of hydrogen-bond donors (Lipinski definition) is 3. The molecule has 2 rings (SSSR count). The molecule has 0 aliphatic carbocycles. The molecule has 0 radical (unpaired) electrons. The number of ether oxygens (including phenoxy) is 1. The van der Waals surface area contributed by atoms with Gasteiger partial charge in [0.25, 0.3) is 0 Å². The van der Waals surface area contributed by atoms with Crippen LogP contribution in [0.5, 0.6) is 0 Å². The molecule has 3 atom stereocenters. The van der Waals surface area contributed by atoms with Gasteiger partial charge in [-0.05, 0) is 37.8 Å². The molecule has 2 fully saturated rings. The van der Waals surface area contributed by atoms with Crippen LogP contribution >= 0.6 is 0 Å². The van der Waals surface area contributed by atoms with Crippen LogP contribution in [0.15, 0.2) is 0 Å². The Labute approximate surface area is 119 Å². The highest BCUT2D eigenvalue weighted by atomic mass is 16.5.